The number of hydrogen-bond acceptors (Lipinski definition) is 4. The first-order valence-corrected chi connectivity index (χ1v) is 11.0. The number of nitrogens with one attached hydrogen (secondary N) is 2. The molecule has 0 aliphatic carbocycles. The number of aliphatic imine (C=N–C) groups is 1. The molecule has 0 bridgehead atoms. The highest BCUT2D eigenvalue weighted by atomic mass is 127. The second kappa shape index (κ2) is 11.1. The van der Waals surface area contributed by atoms with Gasteiger partial charge in [0, 0.05) is 46.5 Å². The van der Waals surface area contributed by atoms with E-state index < -0.39 is 10.0 Å². The molecule has 8 nitrogen and oxygen atoms in total. The van der Waals surface area contributed by atoms with Crippen LogP contribution in [-0.4, -0.2) is 55.6 Å². The fourth-order valence-corrected chi connectivity index (χ4v) is 4.29. The summed E-state index contributed by atoms with van der Waals surface area (Å²) in [6.45, 7) is 6.52. The lowest BCUT2D eigenvalue weighted by Crippen LogP contribution is -2.43. The Morgan fingerprint density at radius 3 is 2.43 bits per heavy atom. The smallest absolute Gasteiger partial charge is 0.242 e. The second-order valence-corrected chi connectivity index (χ2v) is 9.46. The molecule has 2 rings (SSSR count). The van der Waals surface area contributed by atoms with Gasteiger partial charge in [0.2, 0.25) is 10.0 Å². The summed E-state index contributed by atoms with van der Waals surface area (Å²) < 4.78 is 28.2. The van der Waals surface area contributed by atoms with E-state index in [0.29, 0.717) is 23.0 Å². The zero-order chi connectivity index (χ0) is 21.8. The Bertz CT molecular complexity index is 985. The number of guanidine groups is 1. The molecule has 1 unspecified atom stereocenters. The normalized spacial score (nSPS) is 13.1. The molecule has 0 radical (unpaired) electrons. The zero-order valence-corrected chi connectivity index (χ0v) is 21.9. The molecule has 2 N–H and O–H groups in total. The number of aromatic nitrogens is 2. The van der Waals surface area contributed by atoms with Crippen molar-refractivity contribution in [3.63, 3.8) is 0 Å². The maximum absolute atomic E-state index is 12.6. The van der Waals surface area contributed by atoms with Crippen LogP contribution in [0, 0.1) is 13.8 Å². The quantitative estimate of drug-likeness (QED) is 0.315. The van der Waals surface area contributed by atoms with Crippen LogP contribution in [0.3, 0.4) is 0 Å². The van der Waals surface area contributed by atoms with Crippen LogP contribution in [0.5, 0.6) is 0 Å². The van der Waals surface area contributed by atoms with E-state index in [4.69, 9.17) is 0 Å². The van der Waals surface area contributed by atoms with E-state index in [0.717, 1.165) is 17.8 Å². The van der Waals surface area contributed by atoms with Gasteiger partial charge in [0.05, 0.1) is 10.6 Å². The summed E-state index contributed by atoms with van der Waals surface area (Å²) in [5.74, 6) is 0.619. The predicted molar refractivity (Wildman–Crippen MR) is 132 cm³/mol. The van der Waals surface area contributed by atoms with Crippen LogP contribution < -0.4 is 10.6 Å². The van der Waals surface area contributed by atoms with Gasteiger partial charge in [-0.3, -0.25) is 9.67 Å². The van der Waals surface area contributed by atoms with Crippen LogP contribution in [0.2, 0.25) is 0 Å². The SMILES string of the molecule is CN=C(NCc1ccccc1S(=O)(=O)N(C)C)NC(C)Cc1c(C)nn(C)c1C.I. The minimum absolute atomic E-state index is 0. The van der Waals surface area contributed by atoms with Gasteiger partial charge in [0.15, 0.2) is 5.96 Å². The lowest BCUT2D eigenvalue weighted by atomic mass is 10.1. The largest absolute Gasteiger partial charge is 0.354 e. The Hall–Kier alpha value is -1.66. The van der Waals surface area contributed by atoms with Gasteiger partial charge in [-0.25, -0.2) is 12.7 Å². The molecule has 168 valence electrons. The van der Waals surface area contributed by atoms with Gasteiger partial charge in [-0.15, -0.1) is 24.0 Å². The van der Waals surface area contributed by atoms with E-state index in [1.807, 2.05) is 30.8 Å². The maximum atomic E-state index is 12.6. The van der Waals surface area contributed by atoms with Crippen molar-refractivity contribution in [2.75, 3.05) is 21.1 Å². The van der Waals surface area contributed by atoms with Crippen LogP contribution in [0.15, 0.2) is 34.2 Å². The van der Waals surface area contributed by atoms with Crippen molar-refractivity contribution in [1.82, 2.24) is 24.7 Å². The minimum Gasteiger partial charge on any atom is -0.354 e. The molecule has 0 saturated heterocycles. The van der Waals surface area contributed by atoms with Crippen LogP contribution >= 0.6 is 24.0 Å². The predicted octanol–water partition coefficient (Wildman–Crippen LogP) is 2.20. The van der Waals surface area contributed by atoms with Gasteiger partial charge < -0.3 is 10.6 Å². The van der Waals surface area contributed by atoms with Crippen molar-refractivity contribution in [2.45, 2.75) is 44.7 Å². The first kappa shape index (κ1) is 26.4. The summed E-state index contributed by atoms with van der Waals surface area (Å²) >= 11 is 0. The van der Waals surface area contributed by atoms with E-state index in [-0.39, 0.29) is 30.0 Å². The molecule has 10 heteroatoms. The topological polar surface area (TPSA) is 91.6 Å². The fourth-order valence-electron chi connectivity index (χ4n) is 3.18. The Morgan fingerprint density at radius 2 is 1.90 bits per heavy atom. The number of sulfonamides is 1. The standard InChI is InChI=1S/C20H32N6O2S.HI/c1-14(12-18-15(2)24-26(7)16(18)3)23-20(21-4)22-13-17-10-8-9-11-19(17)29(27,28)25(5)6;/h8-11,14H,12-13H2,1-7H3,(H2,21,22,23);1H. The molecule has 1 aromatic carbocycles. The van der Waals surface area contributed by atoms with Crippen molar-refractivity contribution >= 4 is 40.0 Å². The zero-order valence-electron chi connectivity index (χ0n) is 18.7. The molecule has 0 amide bonds. The maximum Gasteiger partial charge on any atom is 0.242 e. The number of nitrogens with zero attached hydrogens (tertiary/aromatic N) is 4. The Balaban J connectivity index is 0.00000450. The van der Waals surface area contributed by atoms with Crippen molar-refractivity contribution in [3.05, 3.63) is 46.8 Å². The van der Waals surface area contributed by atoms with E-state index in [1.165, 1.54) is 24.0 Å². The van der Waals surface area contributed by atoms with E-state index in [9.17, 15) is 8.42 Å². The number of aryl methyl sites for hydroxylation is 2. The summed E-state index contributed by atoms with van der Waals surface area (Å²) in [4.78, 5) is 4.57. The van der Waals surface area contributed by atoms with Crippen molar-refractivity contribution in [2.24, 2.45) is 12.0 Å². The van der Waals surface area contributed by atoms with E-state index >= 15 is 0 Å². The third kappa shape index (κ3) is 6.17. The lowest BCUT2D eigenvalue weighted by molar-refractivity contribution is 0.519. The molecule has 1 aromatic heterocycles. The minimum atomic E-state index is -3.51. The molecule has 1 heterocycles. The van der Waals surface area contributed by atoms with Gasteiger partial charge in [-0.1, -0.05) is 18.2 Å². The molecule has 0 saturated carbocycles. The molecule has 0 aliphatic heterocycles. The van der Waals surface area contributed by atoms with Gasteiger partial charge >= 0.3 is 0 Å². The van der Waals surface area contributed by atoms with E-state index in [1.54, 1.807) is 19.2 Å². The number of rotatable bonds is 7. The van der Waals surface area contributed by atoms with Crippen molar-refractivity contribution < 1.29 is 8.42 Å². The summed E-state index contributed by atoms with van der Waals surface area (Å²) in [5, 5.41) is 11.1. The summed E-state index contributed by atoms with van der Waals surface area (Å²) in [6, 6.07) is 7.12. The lowest BCUT2D eigenvalue weighted by Gasteiger charge is -2.20. The molecular formula is C20H33IN6O2S. The summed E-state index contributed by atoms with van der Waals surface area (Å²) in [5.41, 5.74) is 4.10. The van der Waals surface area contributed by atoms with Crippen LogP contribution in [0.4, 0.5) is 0 Å². The number of benzene rings is 1. The van der Waals surface area contributed by atoms with Crippen LogP contribution in [0.1, 0.15) is 29.4 Å². The van der Waals surface area contributed by atoms with Gasteiger partial charge in [0.25, 0.3) is 0 Å². The monoisotopic (exact) mass is 548 g/mol. The summed E-state index contributed by atoms with van der Waals surface area (Å²) in [6.07, 6.45) is 0.817. The van der Waals surface area contributed by atoms with Gasteiger partial charge in [-0.2, -0.15) is 5.10 Å². The Labute approximate surface area is 197 Å². The highest BCUT2D eigenvalue weighted by Crippen LogP contribution is 2.18. The number of hydrogen-bond donors (Lipinski definition) is 2. The Morgan fingerprint density at radius 1 is 1.27 bits per heavy atom. The first-order chi connectivity index (χ1) is 13.6. The highest BCUT2D eigenvalue weighted by molar-refractivity contribution is 14.0. The summed E-state index contributed by atoms with van der Waals surface area (Å²) in [7, 11) is 3.20. The molecule has 0 spiro atoms. The second-order valence-electron chi connectivity index (χ2n) is 7.34. The van der Waals surface area contributed by atoms with Crippen molar-refractivity contribution in [3.8, 4) is 0 Å². The van der Waals surface area contributed by atoms with E-state index in [2.05, 4.69) is 34.6 Å². The van der Waals surface area contributed by atoms with Crippen LogP contribution in [-0.2, 0) is 30.0 Å². The fraction of sp³-hybridized carbons (Fsp3) is 0.500. The first-order valence-electron chi connectivity index (χ1n) is 9.54. The number of halogens is 1. The van der Waals surface area contributed by atoms with Crippen LogP contribution in [0.25, 0.3) is 0 Å². The molecule has 1 atom stereocenters. The third-order valence-corrected chi connectivity index (χ3v) is 6.87. The van der Waals surface area contributed by atoms with Gasteiger partial charge in [0.1, 0.15) is 0 Å². The molecule has 0 fully saturated rings. The Kier molecular flexibility index (Phi) is 9.76. The third-order valence-electron chi connectivity index (χ3n) is 4.95. The molecule has 0 aliphatic rings. The average molecular weight is 548 g/mol. The molecular weight excluding hydrogens is 515 g/mol. The highest BCUT2D eigenvalue weighted by Gasteiger charge is 2.21. The molecule has 2 aromatic rings. The molecule has 30 heavy (non-hydrogen) atoms. The van der Waals surface area contributed by atoms with Gasteiger partial charge in [-0.05, 0) is 44.4 Å². The van der Waals surface area contributed by atoms with Crippen molar-refractivity contribution in [1.29, 1.82) is 0 Å². The average Bonchev–Trinajstić information content (AvgIpc) is 2.91.